The van der Waals surface area contributed by atoms with Gasteiger partial charge in [-0.3, -0.25) is 4.98 Å². The molecule has 64 valence electrons. The van der Waals surface area contributed by atoms with Gasteiger partial charge in [-0.2, -0.15) is 0 Å². The Hall–Kier alpha value is -0.570. The molecular formula is C9H10BrNO. The lowest BCUT2D eigenvalue weighted by Gasteiger charge is -2.07. The highest BCUT2D eigenvalue weighted by atomic mass is 79.9. The summed E-state index contributed by atoms with van der Waals surface area (Å²) in [6.07, 6.45) is 6.38. The SMILES string of the molecule is Cc1c(Br)cncc1OC1CC1. The van der Waals surface area contributed by atoms with E-state index in [0.29, 0.717) is 6.10 Å². The van der Waals surface area contributed by atoms with E-state index in [0.717, 1.165) is 15.8 Å². The highest BCUT2D eigenvalue weighted by Gasteiger charge is 2.24. The van der Waals surface area contributed by atoms with Gasteiger partial charge in [0.05, 0.1) is 12.3 Å². The first-order valence-corrected chi connectivity index (χ1v) is 4.83. The Bertz CT molecular complexity index is 297. The van der Waals surface area contributed by atoms with Crippen LogP contribution in [0.3, 0.4) is 0 Å². The molecule has 0 atom stereocenters. The molecule has 1 aromatic rings. The van der Waals surface area contributed by atoms with Gasteiger partial charge in [-0.05, 0) is 35.7 Å². The van der Waals surface area contributed by atoms with Crippen molar-refractivity contribution < 1.29 is 4.74 Å². The number of pyridine rings is 1. The molecule has 0 amide bonds. The highest BCUT2D eigenvalue weighted by molar-refractivity contribution is 9.10. The summed E-state index contributed by atoms with van der Waals surface area (Å²) in [5, 5.41) is 0. The van der Waals surface area contributed by atoms with Gasteiger partial charge in [0.1, 0.15) is 5.75 Å². The van der Waals surface area contributed by atoms with Gasteiger partial charge in [0.2, 0.25) is 0 Å². The zero-order valence-electron chi connectivity index (χ0n) is 6.88. The molecule has 12 heavy (non-hydrogen) atoms. The van der Waals surface area contributed by atoms with Crippen LogP contribution in [0.2, 0.25) is 0 Å². The van der Waals surface area contributed by atoms with Gasteiger partial charge in [0.15, 0.2) is 0 Å². The van der Waals surface area contributed by atoms with Crippen molar-refractivity contribution in [3.8, 4) is 5.75 Å². The molecule has 0 spiro atoms. The number of rotatable bonds is 2. The molecular weight excluding hydrogens is 218 g/mol. The number of hydrogen-bond donors (Lipinski definition) is 0. The second-order valence-corrected chi connectivity index (χ2v) is 3.92. The first-order valence-electron chi connectivity index (χ1n) is 4.04. The van der Waals surface area contributed by atoms with Crippen molar-refractivity contribution in [2.24, 2.45) is 0 Å². The molecule has 1 fully saturated rings. The fourth-order valence-corrected chi connectivity index (χ4v) is 1.28. The summed E-state index contributed by atoms with van der Waals surface area (Å²) in [7, 11) is 0. The molecule has 0 bridgehead atoms. The molecule has 0 saturated heterocycles. The van der Waals surface area contributed by atoms with Crippen LogP contribution in [-0.2, 0) is 0 Å². The maximum Gasteiger partial charge on any atom is 0.142 e. The molecule has 2 rings (SSSR count). The van der Waals surface area contributed by atoms with E-state index < -0.39 is 0 Å². The van der Waals surface area contributed by atoms with E-state index in [1.165, 1.54) is 12.8 Å². The highest BCUT2D eigenvalue weighted by Crippen LogP contribution is 2.30. The summed E-state index contributed by atoms with van der Waals surface area (Å²) in [6.45, 7) is 2.03. The van der Waals surface area contributed by atoms with Crippen molar-refractivity contribution in [3.63, 3.8) is 0 Å². The minimum absolute atomic E-state index is 0.444. The Balaban J connectivity index is 2.23. The van der Waals surface area contributed by atoms with E-state index >= 15 is 0 Å². The van der Waals surface area contributed by atoms with Crippen LogP contribution in [0.1, 0.15) is 18.4 Å². The summed E-state index contributed by atoms with van der Waals surface area (Å²) in [4.78, 5) is 4.05. The average molecular weight is 228 g/mol. The molecule has 3 heteroatoms. The van der Waals surface area contributed by atoms with Crippen LogP contribution in [0.4, 0.5) is 0 Å². The molecule has 1 saturated carbocycles. The van der Waals surface area contributed by atoms with Crippen molar-refractivity contribution in [1.82, 2.24) is 4.98 Å². The maximum absolute atomic E-state index is 5.64. The maximum atomic E-state index is 5.64. The van der Waals surface area contributed by atoms with Gasteiger partial charge in [-0.15, -0.1) is 0 Å². The van der Waals surface area contributed by atoms with E-state index in [4.69, 9.17) is 4.74 Å². The summed E-state index contributed by atoms with van der Waals surface area (Å²) in [5.41, 5.74) is 1.14. The van der Waals surface area contributed by atoms with Crippen molar-refractivity contribution in [2.45, 2.75) is 25.9 Å². The van der Waals surface area contributed by atoms with E-state index in [1.807, 2.05) is 6.92 Å². The fourth-order valence-electron chi connectivity index (χ4n) is 0.966. The quantitative estimate of drug-likeness (QED) is 0.776. The summed E-state index contributed by atoms with van der Waals surface area (Å²) < 4.78 is 6.66. The van der Waals surface area contributed by atoms with Crippen molar-refractivity contribution in [1.29, 1.82) is 0 Å². The van der Waals surface area contributed by atoms with Gasteiger partial charge in [-0.25, -0.2) is 0 Å². The fraction of sp³-hybridized carbons (Fsp3) is 0.444. The lowest BCUT2D eigenvalue weighted by Crippen LogP contribution is -1.98. The first kappa shape index (κ1) is 8.05. The summed E-state index contributed by atoms with van der Waals surface area (Å²) in [5.74, 6) is 0.909. The zero-order valence-corrected chi connectivity index (χ0v) is 8.47. The molecule has 2 nitrogen and oxygen atoms in total. The van der Waals surface area contributed by atoms with Crippen LogP contribution in [0.15, 0.2) is 16.9 Å². The second kappa shape index (κ2) is 3.05. The van der Waals surface area contributed by atoms with Crippen LogP contribution in [0.5, 0.6) is 5.75 Å². The third kappa shape index (κ3) is 1.61. The number of aromatic nitrogens is 1. The molecule has 0 aliphatic heterocycles. The Labute approximate surface area is 80.1 Å². The number of nitrogens with zero attached hydrogens (tertiary/aromatic N) is 1. The third-order valence-corrected chi connectivity index (χ3v) is 2.73. The van der Waals surface area contributed by atoms with E-state index in [9.17, 15) is 0 Å². The lowest BCUT2D eigenvalue weighted by molar-refractivity contribution is 0.299. The third-order valence-electron chi connectivity index (χ3n) is 1.93. The monoisotopic (exact) mass is 227 g/mol. The standard InChI is InChI=1S/C9H10BrNO/c1-6-8(10)4-11-5-9(6)12-7-2-3-7/h4-5,7H,2-3H2,1H3. The summed E-state index contributed by atoms with van der Waals surface area (Å²) >= 11 is 3.41. The predicted octanol–water partition coefficient (Wildman–Crippen LogP) is 2.69. The predicted molar refractivity (Wildman–Crippen MR) is 50.3 cm³/mol. The number of ether oxygens (including phenoxy) is 1. The molecule has 1 heterocycles. The number of halogens is 1. The Morgan fingerprint density at radius 3 is 2.92 bits per heavy atom. The van der Waals surface area contributed by atoms with Gasteiger partial charge in [0, 0.05) is 16.2 Å². The normalized spacial score (nSPS) is 16.2. The van der Waals surface area contributed by atoms with Gasteiger partial charge in [0.25, 0.3) is 0 Å². The van der Waals surface area contributed by atoms with Crippen LogP contribution in [-0.4, -0.2) is 11.1 Å². The Morgan fingerprint density at radius 1 is 1.50 bits per heavy atom. The molecule has 0 aromatic carbocycles. The van der Waals surface area contributed by atoms with E-state index in [1.54, 1.807) is 12.4 Å². The van der Waals surface area contributed by atoms with E-state index in [-0.39, 0.29) is 0 Å². The molecule has 1 aliphatic carbocycles. The minimum Gasteiger partial charge on any atom is -0.488 e. The second-order valence-electron chi connectivity index (χ2n) is 3.06. The van der Waals surface area contributed by atoms with Crippen LogP contribution >= 0.6 is 15.9 Å². The van der Waals surface area contributed by atoms with Crippen molar-refractivity contribution in [3.05, 3.63) is 22.4 Å². The summed E-state index contributed by atoms with van der Waals surface area (Å²) in [6, 6.07) is 0. The lowest BCUT2D eigenvalue weighted by atomic mass is 10.3. The zero-order chi connectivity index (χ0) is 8.55. The topological polar surface area (TPSA) is 22.1 Å². The molecule has 0 radical (unpaired) electrons. The largest absolute Gasteiger partial charge is 0.488 e. The van der Waals surface area contributed by atoms with Crippen LogP contribution in [0.25, 0.3) is 0 Å². The van der Waals surface area contributed by atoms with Gasteiger partial charge >= 0.3 is 0 Å². The molecule has 0 unspecified atom stereocenters. The first-order chi connectivity index (χ1) is 5.77. The molecule has 1 aromatic heterocycles. The average Bonchev–Trinajstić information content (AvgIpc) is 2.83. The number of hydrogen-bond acceptors (Lipinski definition) is 2. The Morgan fingerprint density at radius 2 is 2.25 bits per heavy atom. The van der Waals surface area contributed by atoms with Gasteiger partial charge < -0.3 is 4.74 Å². The van der Waals surface area contributed by atoms with Gasteiger partial charge in [-0.1, -0.05) is 0 Å². The minimum atomic E-state index is 0.444. The molecule has 0 N–H and O–H groups in total. The Kier molecular flexibility index (Phi) is 2.05. The molecule has 1 aliphatic rings. The smallest absolute Gasteiger partial charge is 0.142 e. The van der Waals surface area contributed by atoms with Crippen LogP contribution < -0.4 is 4.74 Å². The van der Waals surface area contributed by atoms with Crippen molar-refractivity contribution in [2.75, 3.05) is 0 Å². The van der Waals surface area contributed by atoms with E-state index in [2.05, 4.69) is 20.9 Å². The van der Waals surface area contributed by atoms with Crippen LogP contribution in [0, 0.1) is 6.92 Å². The van der Waals surface area contributed by atoms with Crippen molar-refractivity contribution >= 4 is 15.9 Å².